The highest BCUT2D eigenvalue weighted by Crippen LogP contribution is 2.30. The number of benzene rings is 1. The van der Waals surface area contributed by atoms with Crippen molar-refractivity contribution in [2.45, 2.75) is 24.9 Å². The van der Waals surface area contributed by atoms with E-state index in [1.54, 1.807) is 0 Å². The molecule has 0 radical (unpaired) electrons. The summed E-state index contributed by atoms with van der Waals surface area (Å²) in [6.07, 6.45) is 2.44. The standard InChI is InChI=1S/C12H13BrFNO2/c13-9-6-8(2-3-10(9)14)11(16)15-7-12(17)4-1-5-12/h2-3,6,17H,1,4-5,7H2,(H,15,16). The fraction of sp³-hybridized carbons (Fsp3) is 0.417. The van der Waals surface area contributed by atoms with Crippen LogP contribution >= 0.6 is 15.9 Å². The summed E-state index contributed by atoms with van der Waals surface area (Å²) >= 11 is 3.03. The van der Waals surface area contributed by atoms with Crippen molar-refractivity contribution in [3.8, 4) is 0 Å². The van der Waals surface area contributed by atoms with Gasteiger partial charge in [-0.3, -0.25) is 4.79 Å². The zero-order valence-electron chi connectivity index (χ0n) is 9.17. The highest BCUT2D eigenvalue weighted by atomic mass is 79.9. The second-order valence-corrected chi connectivity index (χ2v) is 5.24. The van der Waals surface area contributed by atoms with Gasteiger partial charge in [0.2, 0.25) is 0 Å². The van der Waals surface area contributed by atoms with Gasteiger partial charge in [-0.15, -0.1) is 0 Å². The maximum atomic E-state index is 13.0. The molecule has 0 heterocycles. The van der Waals surface area contributed by atoms with Gasteiger partial charge in [0.25, 0.3) is 5.91 Å². The summed E-state index contributed by atoms with van der Waals surface area (Å²) in [4.78, 5) is 11.7. The number of aliphatic hydroxyl groups is 1. The molecule has 5 heteroatoms. The van der Waals surface area contributed by atoms with Crippen molar-refractivity contribution in [2.75, 3.05) is 6.54 Å². The van der Waals surface area contributed by atoms with Crippen LogP contribution in [0.5, 0.6) is 0 Å². The van der Waals surface area contributed by atoms with Crippen LogP contribution in [0, 0.1) is 5.82 Å². The van der Waals surface area contributed by atoms with E-state index in [1.165, 1.54) is 18.2 Å². The minimum atomic E-state index is -0.743. The molecule has 2 N–H and O–H groups in total. The topological polar surface area (TPSA) is 49.3 Å². The number of rotatable bonds is 3. The minimum Gasteiger partial charge on any atom is -0.388 e. The Balaban J connectivity index is 1.97. The van der Waals surface area contributed by atoms with Crippen molar-refractivity contribution in [2.24, 2.45) is 0 Å². The van der Waals surface area contributed by atoms with Gasteiger partial charge in [0, 0.05) is 12.1 Å². The first kappa shape index (κ1) is 12.5. The molecule has 1 fully saturated rings. The highest BCUT2D eigenvalue weighted by molar-refractivity contribution is 9.10. The summed E-state index contributed by atoms with van der Waals surface area (Å²) in [5, 5.41) is 12.5. The van der Waals surface area contributed by atoms with Crippen LogP contribution in [-0.4, -0.2) is 23.2 Å². The summed E-state index contributed by atoms with van der Waals surface area (Å²) in [6, 6.07) is 4.08. The fourth-order valence-corrected chi connectivity index (χ4v) is 2.12. The molecule has 0 spiro atoms. The minimum absolute atomic E-state index is 0.251. The van der Waals surface area contributed by atoms with E-state index in [-0.39, 0.29) is 16.9 Å². The van der Waals surface area contributed by atoms with Crippen LogP contribution in [0.1, 0.15) is 29.6 Å². The molecule has 0 atom stereocenters. The van der Waals surface area contributed by atoms with Crippen LogP contribution in [0.2, 0.25) is 0 Å². The molecule has 0 aliphatic heterocycles. The molecule has 3 nitrogen and oxygen atoms in total. The lowest BCUT2D eigenvalue weighted by atomic mass is 9.80. The lowest BCUT2D eigenvalue weighted by Gasteiger charge is -2.36. The number of carbonyl (C=O) groups excluding carboxylic acids is 1. The maximum absolute atomic E-state index is 13.0. The quantitative estimate of drug-likeness (QED) is 0.899. The second kappa shape index (κ2) is 4.74. The van der Waals surface area contributed by atoms with Crippen molar-refractivity contribution < 1.29 is 14.3 Å². The van der Waals surface area contributed by atoms with Gasteiger partial charge < -0.3 is 10.4 Å². The number of hydrogen-bond acceptors (Lipinski definition) is 2. The van der Waals surface area contributed by atoms with Crippen LogP contribution in [0.15, 0.2) is 22.7 Å². The molecule has 17 heavy (non-hydrogen) atoms. The summed E-state index contributed by atoms with van der Waals surface area (Å²) in [6.45, 7) is 0.251. The predicted octanol–water partition coefficient (Wildman–Crippen LogP) is 2.23. The molecule has 1 saturated carbocycles. The number of carbonyl (C=O) groups is 1. The van der Waals surface area contributed by atoms with Gasteiger partial charge in [0.1, 0.15) is 5.82 Å². The van der Waals surface area contributed by atoms with Gasteiger partial charge in [-0.05, 0) is 53.4 Å². The third-order valence-corrected chi connectivity index (χ3v) is 3.65. The van der Waals surface area contributed by atoms with Crippen molar-refractivity contribution in [3.63, 3.8) is 0 Å². The van der Waals surface area contributed by atoms with E-state index in [2.05, 4.69) is 21.2 Å². The van der Waals surface area contributed by atoms with Crippen LogP contribution in [0.4, 0.5) is 4.39 Å². The molecule has 1 aliphatic carbocycles. The van der Waals surface area contributed by atoms with E-state index in [9.17, 15) is 14.3 Å². The van der Waals surface area contributed by atoms with Gasteiger partial charge >= 0.3 is 0 Å². The molecule has 92 valence electrons. The normalized spacial score (nSPS) is 17.4. The van der Waals surface area contributed by atoms with Crippen molar-refractivity contribution in [3.05, 3.63) is 34.1 Å². The Kier molecular flexibility index (Phi) is 3.49. The fourth-order valence-electron chi connectivity index (χ4n) is 1.75. The SMILES string of the molecule is O=C(NCC1(O)CCC1)c1ccc(F)c(Br)c1. The van der Waals surface area contributed by atoms with Crippen LogP contribution in [0.3, 0.4) is 0 Å². The van der Waals surface area contributed by atoms with E-state index in [1.807, 2.05) is 0 Å². The Morgan fingerprint density at radius 1 is 1.53 bits per heavy atom. The zero-order valence-corrected chi connectivity index (χ0v) is 10.8. The zero-order chi connectivity index (χ0) is 12.5. The van der Waals surface area contributed by atoms with Crippen molar-refractivity contribution in [1.82, 2.24) is 5.32 Å². The molecule has 2 rings (SSSR count). The molecule has 1 aromatic carbocycles. The Bertz CT molecular complexity index is 446. The lowest BCUT2D eigenvalue weighted by molar-refractivity contribution is -0.0300. The molecule has 1 amide bonds. The van der Waals surface area contributed by atoms with Crippen LogP contribution in [-0.2, 0) is 0 Å². The Hall–Kier alpha value is -0.940. The number of hydrogen-bond donors (Lipinski definition) is 2. The molecule has 1 aromatic rings. The average Bonchev–Trinajstić information content (AvgIpc) is 2.27. The Labute approximate surface area is 107 Å². The van der Waals surface area contributed by atoms with E-state index in [4.69, 9.17) is 0 Å². The van der Waals surface area contributed by atoms with Crippen LogP contribution < -0.4 is 5.32 Å². The van der Waals surface area contributed by atoms with Gasteiger partial charge in [-0.2, -0.15) is 0 Å². The van der Waals surface area contributed by atoms with Gasteiger partial charge in [0.05, 0.1) is 10.1 Å². The predicted molar refractivity (Wildman–Crippen MR) is 65.2 cm³/mol. The molecular weight excluding hydrogens is 289 g/mol. The van der Waals surface area contributed by atoms with E-state index < -0.39 is 11.4 Å². The molecule has 0 saturated heterocycles. The summed E-state index contributed by atoms with van der Waals surface area (Å²) < 4.78 is 13.2. The third kappa shape index (κ3) is 2.84. The first-order valence-electron chi connectivity index (χ1n) is 5.46. The average molecular weight is 302 g/mol. The van der Waals surface area contributed by atoms with E-state index >= 15 is 0 Å². The number of amides is 1. The number of nitrogens with one attached hydrogen (secondary N) is 1. The summed E-state index contributed by atoms with van der Waals surface area (Å²) in [7, 11) is 0. The maximum Gasteiger partial charge on any atom is 0.251 e. The smallest absolute Gasteiger partial charge is 0.251 e. The van der Waals surface area contributed by atoms with Gasteiger partial charge in [-0.25, -0.2) is 4.39 Å². The first-order valence-corrected chi connectivity index (χ1v) is 6.25. The van der Waals surface area contributed by atoms with Crippen molar-refractivity contribution >= 4 is 21.8 Å². The van der Waals surface area contributed by atoms with E-state index in [0.717, 1.165) is 19.3 Å². The second-order valence-electron chi connectivity index (χ2n) is 4.39. The summed E-state index contributed by atoms with van der Waals surface area (Å²) in [5.41, 5.74) is -0.367. The molecule has 0 bridgehead atoms. The Morgan fingerprint density at radius 2 is 2.24 bits per heavy atom. The largest absolute Gasteiger partial charge is 0.388 e. The molecule has 0 unspecified atom stereocenters. The molecule has 0 aromatic heterocycles. The molecular formula is C12H13BrFNO2. The monoisotopic (exact) mass is 301 g/mol. The van der Waals surface area contributed by atoms with Crippen LogP contribution in [0.25, 0.3) is 0 Å². The lowest BCUT2D eigenvalue weighted by Crippen LogP contribution is -2.47. The highest BCUT2D eigenvalue weighted by Gasteiger charge is 2.34. The molecule has 1 aliphatic rings. The third-order valence-electron chi connectivity index (χ3n) is 3.04. The van der Waals surface area contributed by atoms with E-state index in [0.29, 0.717) is 5.56 Å². The number of halogens is 2. The van der Waals surface area contributed by atoms with Gasteiger partial charge in [-0.1, -0.05) is 0 Å². The van der Waals surface area contributed by atoms with Gasteiger partial charge in [0.15, 0.2) is 0 Å². The first-order chi connectivity index (χ1) is 8.00. The Morgan fingerprint density at radius 3 is 2.76 bits per heavy atom. The summed E-state index contributed by atoms with van der Waals surface area (Å²) in [5.74, 6) is -0.704. The van der Waals surface area contributed by atoms with Crippen molar-refractivity contribution in [1.29, 1.82) is 0 Å².